The number of carbonyl (C=O) groups excluding carboxylic acids is 2. The lowest BCUT2D eigenvalue weighted by atomic mass is 10.0. The minimum Gasteiger partial charge on any atom is -0.481 e. The molecule has 0 saturated carbocycles. The zero-order chi connectivity index (χ0) is 33.4. The van der Waals surface area contributed by atoms with Crippen molar-refractivity contribution in [3.63, 3.8) is 0 Å². The summed E-state index contributed by atoms with van der Waals surface area (Å²) in [5.41, 5.74) is 2.50. The number of fused-ring (bicyclic) bond motifs is 1. The molecule has 0 radical (unpaired) electrons. The topological polar surface area (TPSA) is 126 Å². The predicted molar refractivity (Wildman–Crippen MR) is 169 cm³/mol. The van der Waals surface area contributed by atoms with Crippen molar-refractivity contribution in [2.75, 3.05) is 12.0 Å². The Labute approximate surface area is 265 Å². The van der Waals surface area contributed by atoms with E-state index in [2.05, 4.69) is 20.2 Å². The van der Waals surface area contributed by atoms with Crippen LogP contribution in [0.3, 0.4) is 0 Å². The standard InChI is InChI=1S/C33H36FN7O5/c1-20(21-9-11-25(34)12-10-21)40-19-24(18-36-40)26-15-23(17-35-28(26)44-8)22-13-14-39-27(16-22)37-29(38-39)41(30(42)45-32(2,3)4)31(43)46-33(5,6)7/h9-20H,1-8H3. The number of pyridine rings is 2. The highest BCUT2D eigenvalue weighted by atomic mass is 19.1. The van der Waals surface area contributed by atoms with Gasteiger partial charge in [-0.3, -0.25) is 4.68 Å². The zero-order valence-corrected chi connectivity index (χ0v) is 27.0. The van der Waals surface area contributed by atoms with Gasteiger partial charge in [-0.2, -0.15) is 10.1 Å². The van der Waals surface area contributed by atoms with Gasteiger partial charge in [0.15, 0.2) is 5.65 Å². The minimum absolute atomic E-state index is 0.137. The summed E-state index contributed by atoms with van der Waals surface area (Å²) in [7, 11) is 1.54. The second-order valence-corrected chi connectivity index (χ2v) is 12.6. The van der Waals surface area contributed by atoms with E-state index in [-0.39, 0.29) is 17.8 Å². The number of amides is 2. The van der Waals surface area contributed by atoms with Crippen molar-refractivity contribution in [1.29, 1.82) is 0 Å². The van der Waals surface area contributed by atoms with Crippen LogP contribution in [0.4, 0.5) is 19.9 Å². The summed E-state index contributed by atoms with van der Waals surface area (Å²) in [4.78, 5) is 35.9. The van der Waals surface area contributed by atoms with Crippen molar-refractivity contribution in [1.82, 2.24) is 29.4 Å². The van der Waals surface area contributed by atoms with E-state index in [1.54, 1.807) is 90.1 Å². The van der Waals surface area contributed by atoms with Crippen LogP contribution in [0.5, 0.6) is 5.88 Å². The largest absolute Gasteiger partial charge is 0.481 e. The summed E-state index contributed by atoms with van der Waals surface area (Å²) >= 11 is 0. The fraction of sp³-hybridized carbons (Fsp3) is 0.333. The molecular formula is C33H36FN7O5. The molecule has 0 spiro atoms. The van der Waals surface area contributed by atoms with E-state index in [0.717, 1.165) is 22.3 Å². The Morgan fingerprint density at radius 2 is 1.54 bits per heavy atom. The lowest BCUT2D eigenvalue weighted by molar-refractivity contribution is 0.0427. The van der Waals surface area contributed by atoms with Gasteiger partial charge in [-0.25, -0.2) is 23.5 Å². The molecule has 0 aliphatic carbocycles. The number of aromatic nitrogens is 6. The number of imide groups is 1. The molecule has 0 aliphatic heterocycles. The highest BCUT2D eigenvalue weighted by Gasteiger charge is 2.35. The van der Waals surface area contributed by atoms with Crippen molar-refractivity contribution < 1.29 is 28.2 Å². The van der Waals surface area contributed by atoms with Crippen LogP contribution in [-0.2, 0) is 9.47 Å². The lowest BCUT2D eigenvalue weighted by Gasteiger charge is -2.26. The molecule has 5 rings (SSSR count). The first-order chi connectivity index (χ1) is 21.6. The highest BCUT2D eigenvalue weighted by molar-refractivity contribution is 6.08. The smallest absolute Gasteiger partial charge is 0.427 e. The molecule has 4 aromatic heterocycles. The molecule has 46 heavy (non-hydrogen) atoms. The molecule has 1 aromatic carbocycles. The van der Waals surface area contributed by atoms with E-state index >= 15 is 0 Å². The minimum atomic E-state index is -0.962. The second kappa shape index (κ2) is 12.2. The first-order valence-corrected chi connectivity index (χ1v) is 14.6. The molecule has 0 fully saturated rings. The van der Waals surface area contributed by atoms with Gasteiger partial charge in [0.2, 0.25) is 5.88 Å². The number of ether oxygens (including phenoxy) is 3. The number of carbonyl (C=O) groups is 2. The number of anilines is 1. The third-order valence-corrected chi connectivity index (χ3v) is 6.72. The third-order valence-electron chi connectivity index (χ3n) is 6.72. The van der Waals surface area contributed by atoms with Gasteiger partial charge in [-0.05, 0) is 89.9 Å². The normalized spacial score (nSPS) is 12.5. The summed E-state index contributed by atoms with van der Waals surface area (Å²) in [6.07, 6.45) is 5.01. The van der Waals surface area contributed by atoms with Gasteiger partial charge >= 0.3 is 12.2 Å². The Kier molecular flexibility index (Phi) is 8.52. The third kappa shape index (κ3) is 7.14. The summed E-state index contributed by atoms with van der Waals surface area (Å²) in [5, 5.41) is 8.89. The first-order valence-electron chi connectivity index (χ1n) is 14.6. The van der Waals surface area contributed by atoms with Gasteiger partial charge in [-0.15, -0.1) is 10.00 Å². The van der Waals surface area contributed by atoms with Gasteiger partial charge in [0.1, 0.15) is 17.0 Å². The summed E-state index contributed by atoms with van der Waals surface area (Å²) in [6.45, 7) is 12.1. The van der Waals surface area contributed by atoms with Crippen molar-refractivity contribution in [2.24, 2.45) is 0 Å². The Morgan fingerprint density at radius 1 is 0.891 bits per heavy atom. The van der Waals surface area contributed by atoms with Crippen LogP contribution in [0.2, 0.25) is 0 Å². The van der Waals surface area contributed by atoms with E-state index in [0.29, 0.717) is 22.0 Å². The maximum absolute atomic E-state index is 13.4. The molecule has 4 heterocycles. The molecule has 12 nitrogen and oxygen atoms in total. The van der Waals surface area contributed by atoms with Crippen LogP contribution >= 0.6 is 0 Å². The average molecular weight is 630 g/mol. The van der Waals surface area contributed by atoms with Gasteiger partial charge in [0, 0.05) is 35.3 Å². The number of hydrogen-bond donors (Lipinski definition) is 0. The number of halogens is 1. The van der Waals surface area contributed by atoms with Crippen molar-refractivity contribution in [3.8, 4) is 28.1 Å². The Bertz CT molecular complexity index is 1860. The summed E-state index contributed by atoms with van der Waals surface area (Å²) in [6, 6.07) is 11.7. The molecule has 0 aliphatic rings. The molecule has 0 saturated heterocycles. The van der Waals surface area contributed by atoms with Gasteiger partial charge in [-0.1, -0.05) is 12.1 Å². The number of benzene rings is 1. The Morgan fingerprint density at radius 3 is 2.15 bits per heavy atom. The quantitative estimate of drug-likeness (QED) is 0.193. The maximum Gasteiger partial charge on any atom is 0.427 e. The van der Waals surface area contributed by atoms with E-state index in [9.17, 15) is 14.0 Å². The molecule has 240 valence electrons. The second-order valence-electron chi connectivity index (χ2n) is 12.6. The number of nitrogens with zero attached hydrogens (tertiary/aromatic N) is 7. The Balaban J connectivity index is 1.48. The Hall–Kier alpha value is -5.33. The van der Waals surface area contributed by atoms with Crippen LogP contribution in [-0.4, -0.2) is 59.9 Å². The molecule has 1 unspecified atom stereocenters. The highest BCUT2D eigenvalue weighted by Crippen LogP contribution is 2.33. The molecule has 1 atom stereocenters. The lowest BCUT2D eigenvalue weighted by Crippen LogP contribution is -2.44. The van der Waals surface area contributed by atoms with Gasteiger partial charge < -0.3 is 14.2 Å². The van der Waals surface area contributed by atoms with Crippen molar-refractivity contribution >= 4 is 23.8 Å². The summed E-state index contributed by atoms with van der Waals surface area (Å²) < 4.78 is 33.2. The van der Waals surface area contributed by atoms with E-state index in [4.69, 9.17) is 14.2 Å². The number of hydrogen-bond acceptors (Lipinski definition) is 9. The molecular weight excluding hydrogens is 593 g/mol. The zero-order valence-electron chi connectivity index (χ0n) is 27.0. The fourth-order valence-electron chi connectivity index (χ4n) is 4.56. The van der Waals surface area contributed by atoms with Crippen molar-refractivity contribution in [3.05, 3.63) is 78.6 Å². The van der Waals surface area contributed by atoms with Crippen LogP contribution in [0.1, 0.15) is 60.1 Å². The van der Waals surface area contributed by atoms with E-state index < -0.39 is 23.4 Å². The molecule has 0 N–H and O–H groups in total. The molecule has 2 amide bonds. The van der Waals surface area contributed by atoms with E-state index in [1.807, 2.05) is 25.3 Å². The van der Waals surface area contributed by atoms with Crippen LogP contribution < -0.4 is 9.64 Å². The van der Waals surface area contributed by atoms with Gasteiger partial charge in [0.05, 0.1) is 19.3 Å². The average Bonchev–Trinajstić information content (AvgIpc) is 3.62. The van der Waals surface area contributed by atoms with Crippen LogP contribution in [0.25, 0.3) is 27.9 Å². The molecule has 0 bridgehead atoms. The van der Waals surface area contributed by atoms with Crippen molar-refractivity contribution in [2.45, 2.75) is 65.7 Å². The number of methoxy groups -OCH3 is 1. The first kappa shape index (κ1) is 32.1. The molecule has 13 heteroatoms. The van der Waals surface area contributed by atoms with Crippen LogP contribution in [0.15, 0.2) is 67.3 Å². The van der Waals surface area contributed by atoms with Gasteiger partial charge in [0.25, 0.3) is 5.95 Å². The SMILES string of the molecule is COc1ncc(-c2ccn3nc(N(C(=O)OC(C)(C)C)C(=O)OC(C)(C)C)nc3c2)cc1-c1cnn(C(C)c2ccc(F)cc2)c1. The monoisotopic (exact) mass is 629 g/mol. The predicted octanol–water partition coefficient (Wildman–Crippen LogP) is 7.09. The number of rotatable bonds is 6. The maximum atomic E-state index is 13.4. The molecule has 5 aromatic rings. The summed E-state index contributed by atoms with van der Waals surface area (Å²) in [5.74, 6) is -0.0838. The fourth-order valence-corrected chi connectivity index (χ4v) is 4.56. The van der Waals surface area contributed by atoms with E-state index in [1.165, 1.54) is 16.6 Å². The van der Waals surface area contributed by atoms with Crippen LogP contribution in [0, 0.1) is 5.82 Å².